The number of fused-ring (bicyclic) bond motifs is 2. The summed E-state index contributed by atoms with van der Waals surface area (Å²) < 4.78 is 26.4. The summed E-state index contributed by atoms with van der Waals surface area (Å²) in [5.41, 5.74) is 6.20. The summed E-state index contributed by atoms with van der Waals surface area (Å²) in [6, 6.07) is 6.72. The van der Waals surface area contributed by atoms with Gasteiger partial charge in [0.05, 0.1) is 11.1 Å². The second-order valence-corrected chi connectivity index (χ2v) is 8.46. The lowest BCUT2D eigenvalue weighted by Gasteiger charge is -2.16. The Kier molecular flexibility index (Phi) is 4.70. The molecular weight excluding hydrogens is 362 g/mol. The molecule has 1 aromatic heterocycles. The number of amides is 2. The van der Waals surface area contributed by atoms with E-state index in [9.17, 15) is 13.2 Å². The van der Waals surface area contributed by atoms with Crippen molar-refractivity contribution in [3.05, 3.63) is 63.8 Å². The number of rotatable bonds is 4. The molecule has 1 heterocycles. The molecule has 140 valence electrons. The molecule has 0 spiro atoms. The Balaban J connectivity index is 1.51. The summed E-state index contributed by atoms with van der Waals surface area (Å²) >= 11 is 0. The van der Waals surface area contributed by atoms with Crippen LogP contribution in [-0.2, 0) is 35.7 Å². The summed E-state index contributed by atoms with van der Waals surface area (Å²) in [7, 11) is -3.91. The highest BCUT2D eigenvalue weighted by atomic mass is 32.2. The topological polar surface area (TPSA) is 88.2 Å². The molecule has 0 unspecified atom stereocenters. The van der Waals surface area contributed by atoms with Crippen LogP contribution in [0.15, 0.2) is 35.9 Å². The van der Waals surface area contributed by atoms with Crippen molar-refractivity contribution in [3.8, 4) is 0 Å². The predicted molar refractivity (Wildman–Crippen MR) is 105 cm³/mol. The van der Waals surface area contributed by atoms with Gasteiger partial charge in [0.15, 0.2) is 0 Å². The quantitative estimate of drug-likeness (QED) is 0.849. The van der Waals surface area contributed by atoms with E-state index in [1.807, 2.05) is 0 Å². The number of urea groups is 1. The fraction of sp³-hybridized carbons (Fsp3) is 0.300. The largest absolute Gasteiger partial charge is 0.333 e. The maximum absolute atomic E-state index is 12.4. The van der Waals surface area contributed by atoms with Crippen molar-refractivity contribution in [2.45, 2.75) is 38.5 Å². The molecular formula is C20H21N3O3S. The highest BCUT2D eigenvalue weighted by molar-refractivity contribution is 7.93. The molecule has 6 nitrogen and oxygen atoms in total. The van der Waals surface area contributed by atoms with Crippen LogP contribution in [0.4, 0.5) is 10.5 Å². The van der Waals surface area contributed by atoms with Gasteiger partial charge in [-0.3, -0.25) is 4.98 Å². The number of anilines is 1. The number of aromatic nitrogens is 1. The first kappa shape index (κ1) is 17.7. The Morgan fingerprint density at radius 2 is 1.74 bits per heavy atom. The van der Waals surface area contributed by atoms with Gasteiger partial charge in [-0.05, 0) is 79.0 Å². The van der Waals surface area contributed by atoms with Gasteiger partial charge >= 0.3 is 6.03 Å². The van der Waals surface area contributed by atoms with Crippen LogP contribution in [0.25, 0.3) is 6.08 Å². The van der Waals surface area contributed by atoms with Crippen LogP contribution >= 0.6 is 0 Å². The number of carbonyl (C=O) groups is 1. The highest BCUT2D eigenvalue weighted by Crippen LogP contribution is 2.38. The monoisotopic (exact) mass is 383 g/mol. The molecule has 1 aromatic carbocycles. The van der Waals surface area contributed by atoms with Crippen molar-refractivity contribution in [2.24, 2.45) is 0 Å². The average Bonchev–Trinajstić information content (AvgIpc) is 3.29. The molecule has 0 atom stereocenters. The van der Waals surface area contributed by atoms with E-state index in [0.29, 0.717) is 5.69 Å². The van der Waals surface area contributed by atoms with Gasteiger partial charge < -0.3 is 5.32 Å². The summed E-state index contributed by atoms with van der Waals surface area (Å²) in [4.78, 5) is 16.4. The minimum absolute atomic E-state index is 0.502. The van der Waals surface area contributed by atoms with Crippen LogP contribution in [0.1, 0.15) is 40.8 Å². The van der Waals surface area contributed by atoms with Crippen molar-refractivity contribution in [3.63, 3.8) is 0 Å². The lowest BCUT2D eigenvalue weighted by Crippen LogP contribution is -2.33. The van der Waals surface area contributed by atoms with Gasteiger partial charge in [-0.25, -0.2) is 17.9 Å². The smallest absolute Gasteiger partial charge is 0.307 e. The zero-order valence-electron chi connectivity index (χ0n) is 14.9. The van der Waals surface area contributed by atoms with Gasteiger partial charge in [-0.2, -0.15) is 0 Å². The first-order valence-corrected chi connectivity index (χ1v) is 10.7. The van der Waals surface area contributed by atoms with E-state index in [-0.39, 0.29) is 0 Å². The molecule has 2 N–H and O–H groups in total. The van der Waals surface area contributed by atoms with Crippen LogP contribution in [0, 0.1) is 0 Å². The molecule has 2 amide bonds. The van der Waals surface area contributed by atoms with E-state index < -0.39 is 16.1 Å². The first-order valence-electron chi connectivity index (χ1n) is 9.11. The normalized spacial score (nSPS) is 15.6. The molecule has 0 radical (unpaired) electrons. The lowest BCUT2D eigenvalue weighted by atomic mass is 9.99. The van der Waals surface area contributed by atoms with E-state index in [1.54, 1.807) is 24.4 Å². The molecule has 0 saturated carbocycles. The highest BCUT2D eigenvalue weighted by Gasteiger charge is 2.25. The molecule has 0 bridgehead atoms. The van der Waals surface area contributed by atoms with E-state index in [4.69, 9.17) is 0 Å². The summed E-state index contributed by atoms with van der Waals surface area (Å²) in [6.45, 7) is 0. The number of sulfonamides is 1. The van der Waals surface area contributed by atoms with Crippen molar-refractivity contribution in [2.75, 3.05) is 5.32 Å². The number of aryl methyl sites for hydroxylation is 2. The predicted octanol–water partition coefficient (Wildman–Crippen LogP) is 3.18. The fourth-order valence-electron chi connectivity index (χ4n) is 3.90. The third-order valence-electron chi connectivity index (χ3n) is 5.05. The average molecular weight is 383 g/mol. The summed E-state index contributed by atoms with van der Waals surface area (Å²) in [5.74, 6) is 0. The number of hydrogen-bond donors (Lipinski definition) is 2. The van der Waals surface area contributed by atoms with Gasteiger partial charge in [0.25, 0.3) is 10.0 Å². The Morgan fingerprint density at radius 1 is 1.04 bits per heavy atom. The zero-order chi connectivity index (χ0) is 18.9. The number of nitrogens with zero attached hydrogens (tertiary/aromatic N) is 1. The minimum Gasteiger partial charge on any atom is -0.307 e. The lowest BCUT2D eigenvalue weighted by molar-refractivity contribution is 0.256. The molecule has 2 aliphatic carbocycles. The molecule has 0 aliphatic heterocycles. The molecule has 4 rings (SSSR count). The third-order valence-corrected chi connectivity index (χ3v) is 6.02. The van der Waals surface area contributed by atoms with Crippen LogP contribution < -0.4 is 10.0 Å². The second-order valence-electron chi connectivity index (χ2n) is 6.89. The summed E-state index contributed by atoms with van der Waals surface area (Å²) in [5, 5.41) is 3.77. The number of hydrogen-bond acceptors (Lipinski definition) is 4. The Labute approximate surface area is 158 Å². The summed E-state index contributed by atoms with van der Waals surface area (Å²) in [6.07, 6.45) is 8.94. The molecule has 0 fully saturated rings. The van der Waals surface area contributed by atoms with Gasteiger partial charge in [-0.15, -0.1) is 0 Å². The van der Waals surface area contributed by atoms with E-state index in [1.165, 1.54) is 17.2 Å². The Bertz CT molecular complexity index is 982. The van der Waals surface area contributed by atoms with Crippen LogP contribution in [0.3, 0.4) is 0 Å². The maximum atomic E-state index is 12.4. The minimum atomic E-state index is -3.91. The van der Waals surface area contributed by atoms with Crippen molar-refractivity contribution in [1.82, 2.24) is 9.71 Å². The van der Waals surface area contributed by atoms with Gasteiger partial charge in [0.2, 0.25) is 0 Å². The van der Waals surface area contributed by atoms with Gasteiger partial charge in [0, 0.05) is 11.9 Å². The maximum Gasteiger partial charge on any atom is 0.333 e. The SMILES string of the molecule is O=C(Nc1c2c(cc3c1CCC3)CCC2)NS(=O)(=O)/C=C/c1ccccn1. The standard InChI is InChI=1S/C20H21N3O3S/c24-20(23-27(25,26)12-10-16-7-1-2-11-21-16)22-19-17-8-3-5-14(17)13-15-6-4-9-18(15)19/h1-2,7,10-13H,3-6,8-9H2,(H2,22,23,24)/b12-10+. The zero-order valence-corrected chi connectivity index (χ0v) is 15.7. The first-order chi connectivity index (χ1) is 13.0. The molecule has 27 heavy (non-hydrogen) atoms. The van der Waals surface area contributed by atoms with Crippen LogP contribution in [0.2, 0.25) is 0 Å². The second kappa shape index (κ2) is 7.15. The van der Waals surface area contributed by atoms with E-state index in [0.717, 1.165) is 60.7 Å². The Morgan fingerprint density at radius 3 is 2.37 bits per heavy atom. The van der Waals surface area contributed by atoms with E-state index >= 15 is 0 Å². The number of benzene rings is 1. The number of nitrogens with one attached hydrogen (secondary N) is 2. The van der Waals surface area contributed by atoms with Gasteiger partial charge in [0.1, 0.15) is 0 Å². The van der Waals surface area contributed by atoms with Gasteiger partial charge in [-0.1, -0.05) is 12.1 Å². The molecule has 7 heteroatoms. The molecule has 0 saturated heterocycles. The van der Waals surface area contributed by atoms with E-state index in [2.05, 4.69) is 21.1 Å². The molecule has 2 aliphatic rings. The number of carbonyl (C=O) groups excluding carboxylic acids is 1. The van der Waals surface area contributed by atoms with Crippen LogP contribution in [0.5, 0.6) is 0 Å². The Hall–Kier alpha value is -2.67. The van der Waals surface area contributed by atoms with Crippen molar-refractivity contribution in [1.29, 1.82) is 0 Å². The van der Waals surface area contributed by atoms with Crippen LogP contribution in [-0.4, -0.2) is 19.4 Å². The van der Waals surface area contributed by atoms with Crippen molar-refractivity contribution >= 4 is 27.8 Å². The van der Waals surface area contributed by atoms with Crippen molar-refractivity contribution < 1.29 is 13.2 Å². The number of pyridine rings is 1. The fourth-order valence-corrected chi connectivity index (χ4v) is 4.60. The molecule has 2 aromatic rings. The third kappa shape index (κ3) is 3.88.